The van der Waals surface area contributed by atoms with Crippen molar-refractivity contribution in [2.45, 2.75) is 44.6 Å². The Morgan fingerprint density at radius 3 is 2.70 bits per heavy atom. The SMILES string of the molecule is COCC(=O)Cc1nc(C2(OC)CCC(C)CC2)no1. The van der Waals surface area contributed by atoms with E-state index in [2.05, 4.69) is 17.1 Å². The van der Waals surface area contributed by atoms with Crippen LogP contribution in [0.5, 0.6) is 0 Å². The van der Waals surface area contributed by atoms with Gasteiger partial charge in [-0.2, -0.15) is 4.98 Å². The van der Waals surface area contributed by atoms with Crippen molar-refractivity contribution < 1.29 is 18.8 Å². The number of carbonyl (C=O) groups excluding carboxylic acids is 1. The van der Waals surface area contributed by atoms with Gasteiger partial charge in [-0.25, -0.2) is 0 Å². The summed E-state index contributed by atoms with van der Waals surface area (Å²) >= 11 is 0. The maximum absolute atomic E-state index is 11.5. The lowest BCUT2D eigenvalue weighted by Crippen LogP contribution is -2.34. The summed E-state index contributed by atoms with van der Waals surface area (Å²) in [6, 6.07) is 0. The minimum atomic E-state index is -0.460. The molecule has 112 valence electrons. The molecule has 0 saturated heterocycles. The molecule has 1 saturated carbocycles. The Kier molecular flexibility index (Phi) is 4.88. The maximum atomic E-state index is 11.5. The molecule has 0 spiro atoms. The van der Waals surface area contributed by atoms with Crippen LogP contribution in [0.1, 0.15) is 44.3 Å². The van der Waals surface area contributed by atoms with Gasteiger partial charge in [0, 0.05) is 14.2 Å². The third-order valence-electron chi connectivity index (χ3n) is 4.00. The first-order valence-corrected chi connectivity index (χ1v) is 6.98. The third-order valence-corrected chi connectivity index (χ3v) is 4.00. The van der Waals surface area contributed by atoms with E-state index in [1.165, 1.54) is 7.11 Å². The van der Waals surface area contributed by atoms with Gasteiger partial charge in [0.2, 0.25) is 11.7 Å². The molecule has 0 unspecified atom stereocenters. The molecular weight excluding hydrogens is 260 g/mol. The van der Waals surface area contributed by atoms with Crippen molar-refractivity contribution >= 4 is 5.78 Å². The molecule has 0 radical (unpaired) electrons. The molecule has 1 aliphatic rings. The van der Waals surface area contributed by atoms with Crippen molar-refractivity contribution in [3.05, 3.63) is 11.7 Å². The number of aromatic nitrogens is 2. The molecule has 1 aromatic heterocycles. The highest BCUT2D eigenvalue weighted by molar-refractivity contribution is 5.81. The Bertz CT molecular complexity index is 450. The van der Waals surface area contributed by atoms with Gasteiger partial charge in [0.25, 0.3) is 0 Å². The first kappa shape index (κ1) is 15.1. The standard InChI is InChI=1S/C14H22N2O4/c1-10-4-6-14(19-3,7-5-10)13-15-12(20-16-13)8-11(17)9-18-2/h10H,4-9H2,1-3H3. The first-order chi connectivity index (χ1) is 9.59. The van der Waals surface area contributed by atoms with Crippen molar-refractivity contribution in [1.82, 2.24) is 10.1 Å². The average molecular weight is 282 g/mol. The van der Waals surface area contributed by atoms with E-state index in [0.717, 1.165) is 25.7 Å². The van der Waals surface area contributed by atoms with Crippen molar-refractivity contribution in [2.24, 2.45) is 5.92 Å². The summed E-state index contributed by atoms with van der Waals surface area (Å²) in [5.74, 6) is 1.52. The largest absolute Gasteiger partial charge is 0.377 e. The molecule has 0 N–H and O–H groups in total. The molecule has 1 heterocycles. The Morgan fingerprint density at radius 1 is 1.40 bits per heavy atom. The number of carbonyl (C=O) groups is 1. The molecule has 0 aliphatic heterocycles. The Hall–Kier alpha value is -1.27. The highest BCUT2D eigenvalue weighted by atomic mass is 16.5. The maximum Gasteiger partial charge on any atom is 0.234 e. The van der Waals surface area contributed by atoms with Crippen LogP contribution in [0.15, 0.2) is 4.52 Å². The minimum Gasteiger partial charge on any atom is -0.377 e. The van der Waals surface area contributed by atoms with Crippen molar-refractivity contribution in [3.63, 3.8) is 0 Å². The summed E-state index contributed by atoms with van der Waals surface area (Å²) in [4.78, 5) is 15.9. The van der Waals surface area contributed by atoms with Crippen LogP contribution < -0.4 is 0 Å². The number of nitrogens with zero attached hydrogens (tertiary/aromatic N) is 2. The van der Waals surface area contributed by atoms with E-state index in [-0.39, 0.29) is 18.8 Å². The van der Waals surface area contributed by atoms with Crippen LogP contribution in [-0.4, -0.2) is 36.8 Å². The Morgan fingerprint density at radius 2 is 2.10 bits per heavy atom. The van der Waals surface area contributed by atoms with E-state index in [1.807, 2.05) is 0 Å². The lowest BCUT2D eigenvalue weighted by Gasteiger charge is -2.35. The van der Waals surface area contributed by atoms with E-state index in [0.29, 0.717) is 17.6 Å². The van der Waals surface area contributed by atoms with Gasteiger partial charge in [-0.3, -0.25) is 4.79 Å². The summed E-state index contributed by atoms with van der Waals surface area (Å²) in [6.07, 6.45) is 4.04. The van der Waals surface area contributed by atoms with Crippen molar-refractivity contribution in [2.75, 3.05) is 20.8 Å². The fourth-order valence-electron chi connectivity index (χ4n) is 2.64. The number of ketones is 1. The molecule has 0 aromatic carbocycles. The van der Waals surface area contributed by atoms with Crippen molar-refractivity contribution in [1.29, 1.82) is 0 Å². The van der Waals surface area contributed by atoms with Gasteiger partial charge in [-0.05, 0) is 31.6 Å². The van der Waals surface area contributed by atoms with Crippen molar-refractivity contribution in [3.8, 4) is 0 Å². The molecular formula is C14H22N2O4. The van der Waals surface area contributed by atoms with E-state index in [9.17, 15) is 4.79 Å². The number of ether oxygens (including phenoxy) is 2. The van der Waals surface area contributed by atoms with Crippen LogP contribution in [0, 0.1) is 5.92 Å². The van der Waals surface area contributed by atoms with Gasteiger partial charge in [-0.1, -0.05) is 12.1 Å². The number of methoxy groups -OCH3 is 2. The molecule has 0 bridgehead atoms. The predicted molar refractivity (Wildman–Crippen MR) is 71.2 cm³/mol. The normalized spacial score (nSPS) is 26.6. The summed E-state index contributed by atoms with van der Waals surface area (Å²) in [5, 5.41) is 4.02. The fourth-order valence-corrected chi connectivity index (χ4v) is 2.64. The molecule has 1 aromatic rings. The zero-order valence-electron chi connectivity index (χ0n) is 12.3. The molecule has 2 rings (SSSR count). The van der Waals surface area contributed by atoms with E-state index in [4.69, 9.17) is 14.0 Å². The van der Waals surface area contributed by atoms with Crippen LogP contribution in [0.25, 0.3) is 0 Å². The number of rotatable bonds is 6. The predicted octanol–water partition coefficient (Wildman–Crippen LogP) is 1.88. The smallest absolute Gasteiger partial charge is 0.234 e. The van der Waals surface area contributed by atoms with Gasteiger partial charge >= 0.3 is 0 Å². The molecule has 0 atom stereocenters. The first-order valence-electron chi connectivity index (χ1n) is 6.98. The summed E-state index contributed by atoms with van der Waals surface area (Å²) in [5.41, 5.74) is -0.460. The lowest BCUT2D eigenvalue weighted by atomic mass is 9.79. The topological polar surface area (TPSA) is 74.5 Å². The van der Waals surface area contributed by atoms with Crippen LogP contribution in [0.4, 0.5) is 0 Å². The average Bonchev–Trinajstić information content (AvgIpc) is 2.89. The molecule has 1 aliphatic carbocycles. The molecule has 6 nitrogen and oxygen atoms in total. The summed E-state index contributed by atoms with van der Waals surface area (Å²) in [7, 11) is 3.17. The lowest BCUT2D eigenvalue weighted by molar-refractivity contribution is -0.122. The zero-order chi connectivity index (χ0) is 14.6. The third kappa shape index (κ3) is 3.24. The monoisotopic (exact) mass is 282 g/mol. The van der Waals surface area contributed by atoms with Crippen LogP contribution in [0.2, 0.25) is 0 Å². The second-order valence-corrected chi connectivity index (χ2v) is 5.54. The molecule has 20 heavy (non-hydrogen) atoms. The van der Waals surface area contributed by atoms with E-state index >= 15 is 0 Å². The minimum absolute atomic E-state index is 0.0602. The number of hydrogen-bond acceptors (Lipinski definition) is 6. The zero-order valence-corrected chi connectivity index (χ0v) is 12.3. The van der Waals surface area contributed by atoms with Gasteiger partial charge in [0.05, 0.1) is 6.42 Å². The highest BCUT2D eigenvalue weighted by Crippen LogP contribution is 2.40. The van der Waals surface area contributed by atoms with Crippen LogP contribution in [-0.2, 0) is 26.3 Å². The second-order valence-electron chi connectivity index (χ2n) is 5.54. The molecule has 6 heteroatoms. The van der Waals surface area contributed by atoms with Gasteiger partial charge in [0.15, 0.2) is 5.78 Å². The Balaban J connectivity index is 2.08. The second kappa shape index (κ2) is 6.45. The fraction of sp³-hybridized carbons (Fsp3) is 0.786. The number of hydrogen-bond donors (Lipinski definition) is 0. The summed E-state index contributed by atoms with van der Waals surface area (Å²) in [6.45, 7) is 2.30. The highest BCUT2D eigenvalue weighted by Gasteiger charge is 2.40. The molecule has 1 fully saturated rings. The van der Waals surface area contributed by atoms with Crippen LogP contribution >= 0.6 is 0 Å². The number of Topliss-reactive ketones (excluding diaryl/α,β-unsaturated/α-hetero) is 1. The van der Waals surface area contributed by atoms with Crippen LogP contribution in [0.3, 0.4) is 0 Å². The quantitative estimate of drug-likeness (QED) is 0.793. The Labute approximate surface area is 118 Å². The van der Waals surface area contributed by atoms with Gasteiger partial charge in [0.1, 0.15) is 12.2 Å². The summed E-state index contributed by atoms with van der Waals surface area (Å²) < 4.78 is 15.6. The molecule has 0 amide bonds. The van der Waals surface area contributed by atoms with Gasteiger partial charge in [-0.15, -0.1) is 0 Å². The van der Waals surface area contributed by atoms with Gasteiger partial charge < -0.3 is 14.0 Å². The van der Waals surface area contributed by atoms with E-state index in [1.54, 1.807) is 7.11 Å². The van der Waals surface area contributed by atoms with E-state index < -0.39 is 5.60 Å².